The van der Waals surface area contributed by atoms with Crippen LogP contribution in [0.4, 0.5) is 0 Å². The molecule has 1 aliphatic heterocycles. The molecule has 2 atom stereocenters. The molecule has 2 aliphatic rings. The Hall–Kier alpha value is -1.26. The third-order valence-electron chi connectivity index (χ3n) is 6.28. The molecule has 1 saturated heterocycles. The topological polar surface area (TPSA) is 32.8 Å². The van der Waals surface area contributed by atoms with Crippen molar-refractivity contribution in [3.63, 3.8) is 0 Å². The Bertz CT molecular complexity index is 620. The van der Waals surface area contributed by atoms with E-state index < -0.39 is 0 Å². The average molecular weight is 409 g/mol. The molecule has 1 aromatic carbocycles. The van der Waals surface area contributed by atoms with Gasteiger partial charge in [0.1, 0.15) is 5.75 Å². The van der Waals surface area contributed by atoms with Gasteiger partial charge in [-0.1, -0.05) is 45.7 Å². The minimum Gasteiger partial charge on any atom is -0.484 e. The number of hydrogen-bond acceptors (Lipinski definition) is 3. The Morgan fingerprint density at radius 3 is 2.29 bits per heavy atom. The molecule has 2 fully saturated rings. The van der Waals surface area contributed by atoms with E-state index >= 15 is 0 Å². The maximum absolute atomic E-state index is 12.8. The largest absolute Gasteiger partial charge is 0.484 e. The second kappa shape index (κ2) is 9.98. The van der Waals surface area contributed by atoms with E-state index in [2.05, 4.69) is 37.8 Å². The lowest BCUT2D eigenvalue weighted by Gasteiger charge is -2.42. The summed E-state index contributed by atoms with van der Waals surface area (Å²) in [6, 6.07) is 8.99. The molecular formula is C23H37ClN2O2. The molecule has 1 aliphatic carbocycles. The number of ether oxygens (including phenoxy) is 1. The van der Waals surface area contributed by atoms with Gasteiger partial charge < -0.3 is 9.64 Å². The molecule has 4 nitrogen and oxygen atoms in total. The third kappa shape index (κ3) is 5.64. The van der Waals surface area contributed by atoms with Crippen molar-refractivity contribution in [3.05, 3.63) is 29.8 Å². The predicted molar refractivity (Wildman–Crippen MR) is 118 cm³/mol. The number of rotatable bonds is 5. The zero-order valence-electron chi connectivity index (χ0n) is 17.9. The minimum absolute atomic E-state index is 0. The van der Waals surface area contributed by atoms with Crippen LogP contribution in [0.15, 0.2) is 24.3 Å². The Balaban J connectivity index is 0.00000280. The van der Waals surface area contributed by atoms with E-state index in [1.54, 1.807) is 0 Å². The molecule has 5 heteroatoms. The first-order valence-electron chi connectivity index (χ1n) is 10.6. The number of nitrogens with zero attached hydrogens (tertiary/aromatic N) is 2. The lowest BCUT2D eigenvalue weighted by atomic mass is 9.87. The van der Waals surface area contributed by atoms with E-state index in [-0.39, 0.29) is 30.3 Å². The Kier molecular flexibility index (Phi) is 8.20. The molecule has 158 valence electrons. The molecule has 1 saturated carbocycles. The van der Waals surface area contributed by atoms with E-state index in [1.807, 2.05) is 24.1 Å². The predicted octanol–water partition coefficient (Wildman–Crippen LogP) is 4.65. The number of benzene rings is 1. The van der Waals surface area contributed by atoms with Crippen molar-refractivity contribution in [2.45, 2.75) is 76.8 Å². The lowest BCUT2D eigenvalue weighted by molar-refractivity contribution is -0.136. The Morgan fingerprint density at radius 2 is 1.68 bits per heavy atom. The smallest absolute Gasteiger partial charge is 0.260 e. The van der Waals surface area contributed by atoms with Gasteiger partial charge >= 0.3 is 0 Å². The summed E-state index contributed by atoms with van der Waals surface area (Å²) in [6.07, 6.45) is 7.45. The molecular weight excluding hydrogens is 372 g/mol. The van der Waals surface area contributed by atoms with Gasteiger partial charge in [-0.25, -0.2) is 0 Å². The highest BCUT2D eigenvalue weighted by molar-refractivity contribution is 5.85. The normalized spacial score (nSPS) is 23.1. The van der Waals surface area contributed by atoms with Crippen molar-refractivity contribution < 1.29 is 9.53 Å². The van der Waals surface area contributed by atoms with Gasteiger partial charge in [-0.05, 0) is 61.9 Å². The van der Waals surface area contributed by atoms with E-state index in [4.69, 9.17) is 4.74 Å². The Morgan fingerprint density at radius 1 is 1.07 bits per heavy atom. The van der Waals surface area contributed by atoms with Crippen molar-refractivity contribution in [2.75, 3.05) is 26.7 Å². The Labute approximate surface area is 177 Å². The molecule has 1 amide bonds. The number of halogens is 1. The van der Waals surface area contributed by atoms with Crippen LogP contribution in [0.3, 0.4) is 0 Å². The number of likely N-dealkylation sites (N-methyl/N-ethyl adjacent to an activating group) is 1. The SMILES string of the molecule is CN(C(=O)COc1ccc(C(C)(C)C)cc1)C1CCCCC1N1CCCC1.Cl. The van der Waals surface area contributed by atoms with Crippen LogP contribution in [0, 0.1) is 0 Å². The number of amides is 1. The van der Waals surface area contributed by atoms with Crippen LogP contribution in [0.5, 0.6) is 5.75 Å². The molecule has 0 radical (unpaired) electrons. The zero-order valence-corrected chi connectivity index (χ0v) is 18.8. The second-order valence-corrected chi connectivity index (χ2v) is 9.23. The zero-order chi connectivity index (χ0) is 19.4. The van der Waals surface area contributed by atoms with E-state index in [0.717, 1.165) is 12.2 Å². The van der Waals surface area contributed by atoms with Crippen LogP contribution in [0.25, 0.3) is 0 Å². The summed E-state index contributed by atoms with van der Waals surface area (Å²) >= 11 is 0. The highest BCUT2D eigenvalue weighted by Gasteiger charge is 2.35. The van der Waals surface area contributed by atoms with Gasteiger partial charge in [-0.15, -0.1) is 12.4 Å². The molecule has 0 spiro atoms. The van der Waals surface area contributed by atoms with E-state index in [1.165, 1.54) is 50.8 Å². The fourth-order valence-corrected chi connectivity index (χ4v) is 4.53. The molecule has 1 heterocycles. The third-order valence-corrected chi connectivity index (χ3v) is 6.28. The first-order valence-corrected chi connectivity index (χ1v) is 10.6. The summed E-state index contributed by atoms with van der Waals surface area (Å²) in [4.78, 5) is 17.4. The molecule has 28 heavy (non-hydrogen) atoms. The van der Waals surface area contributed by atoms with Gasteiger partial charge in [0, 0.05) is 19.1 Å². The fourth-order valence-electron chi connectivity index (χ4n) is 4.53. The summed E-state index contributed by atoms with van der Waals surface area (Å²) in [6.45, 7) is 9.10. The van der Waals surface area contributed by atoms with Crippen molar-refractivity contribution >= 4 is 18.3 Å². The maximum atomic E-state index is 12.8. The number of likely N-dealkylation sites (tertiary alicyclic amines) is 1. The standard InChI is InChI=1S/C23H36N2O2.ClH/c1-23(2,3)18-11-13-19(14-12-18)27-17-22(26)24(4)20-9-5-6-10-21(20)25-15-7-8-16-25;/h11-14,20-21H,5-10,15-17H2,1-4H3;1H. The summed E-state index contributed by atoms with van der Waals surface area (Å²) in [7, 11) is 1.97. The lowest BCUT2D eigenvalue weighted by Crippen LogP contribution is -2.53. The van der Waals surface area contributed by atoms with Gasteiger partial charge in [-0.3, -0.25) is 9.69 Å². The molecule has 0 aromatic heterocycles. The fraction of sp³-hybridized carbons (Fsp3) is 0.696. The monoisotopic (exact) mass is 408 g/mol. The highest BCUT2D eigenvalue weighted by atomic mass is 35.5. The molecule has 1 aromatic rings. The summed E-state index contributed by atoms with van der Waals surface area (Å²) in [5.41, 5.74) is 1.40. The van der Waals surface area contributed by atoms with Crippen LogP contribution in [0.1, 0.15) is 64.9 Å². The summed E-state index contributed by atoms with van der Waals surface area (Å²) in [5, 5.41) is 0. The quantitative estimate of drug-likeness (QED) is 0.710. The van der Waals surface area contributed by atoms with Gasteiger partial charge in [0.2, 0.25) is 0 Å². The minimum atomic E-state index is 0. The molecule has 2 unspecified atom stereocenters. The van der Waals surface area contributed by atoms with Gasteiger partial charge in [0.25, 0.3) is 5.91 Å². The number of carbonyl (C=O) groups is 1. The number of carbonyl (C=O) groups excluding carboxylic acids is 1. The van der Waals surface area contributed by atoms with E-state index in [0.29, 0.717) is 12.1 Å². The van der Waals surface area contributed by atoms with Gasteiger partial charge in [-0.2, -0.15) is 0 Å². The molecule has 0 bridgehead atoms. The van der Waals surface area contributed by atoms with Crippen molar-refractivity contribution in [2.24, 2.45) is 0 Å². The first kappa shape index (κ1) is 23.0. The summed E-state index contributed by atoms with van der Waals surface area (Å²) in [5.74, 6) is 0.857. The van der Waals surface area contributed by atoms with Crippen molar-refractivity contribution in [1.82, 2.24) is 9.80 Å². The van der Waals surface area contributed by atoms with Crippen LogP contribution in [-0.2, 0) is 10.2 Å². The second-order valence-electron chi connectivity index (χ2n) is 9.23. The molecule has 0 N–H and O–H groups in total. The van der Waals surface area contributed by atoms with Gasteiger partial charge in [0.05, 0.1) is 0 Å². The van der Waals surface area contributed by atoms with E-state index in [9.17, 15) is 4.79 Å². The summed E-state index contributed by atoms with van der Waals surface area (Å²) < 4.78 is 5.80. The average Bonchev–Trinajstić information content (AvgIpc) is 3.20. The van der Waals surface area contributed by atoms with Crippen LogP contribution in [0.2, 0.25) is 0 Å². The first-order chi connectivity index (χ1) is 12.9. The van der Waals surface area contributed by atoms with Crippen molar-refractivity contribution in [3.8, 4) is 5.75 Å². The molecule has 3 rings (SSSR count). The van der Waals surface area contributed by atoms with Gasteiger partial charge in [0.15, 0.2) is 6.61 Å². The maximum Gasteiger partial charge on any atom is 0.260 e. The van der Waals surface area contributed by atoms with Crippen LogP contribution >= 0.6 is 12.4 Å². The van der Waals surface area contributed by atoms with Crippen molar-refractivity contribution in [1.29, 1.82) is 0 Å². The number of hydrogen-bond donors (Lipinski definition) is 0. The van der Waals surface area contributed by atoms with Crippen LogP contribution < -0.4 is 4.74 Å². The highest BCUT2D eigenvalue weighted by Crippen LogP contribution is 2.29. The van der Waals surface area contributed by atoms with Crippen LogP contribution in [-0.4, -0.2) is 54.5 Å².